The third-order valence-corrected chi connectivity index (χ3v) is 6.05. The van der Waals surface area contributed by atoms with E-state index >= 15 is 0 Å². The number of benzene rings is 1. The Hall–Kier alpha value is -2.18. The second-order valence-corrected chi connectivity index (χ2v) is 8.06. The molecule has 2 heterocycles. The Morgan fingerprint density at radius 1 is 1.12 bits per heavy atom. The first-order valence-corrected chi connectivity index (χ1v) is 9.80. The highest BCUT2D eigenvalue weighted by atomic mass is 32.1. The molecule has 1 aliphatic rings. The third-order valence-electron chi connectivity index (χ3n) is 4.93. The van der Waals surface area contributed by atoms with Crippen molar-refractivity contribution in [2.75, 3.05) is 18.4 Å². The fourth-order valence-corrected chi connectivity index (χ4v) is 4.39. The predicted octanol–water partition coefficient (Wildman–Crippen LogP) is 3.70. The number of amides is 2. The van der Waals surface area contributed by atoms with Crippen molar-refractivity contribution >= 4 is 28.2 Å². The van der Waals surface area contributed by atoms with Gasteiger partial charge in [0.2, 0.25) is 0 Å². The van der Waals surface area contributed by atoms with Gasteiger partial charge in [-0.3, -0.25) is 14.5 Å². The van der Waals surface area contributed by atoms with Crippen LogP contribution in [-0.4, -0.2) is 29.8 Å². The summed E-state index contributed by atoms with van der Waals surface area (Å²) in [7, 11) is 0. The molecule has 1 saturated heterocycles. The number of likely N-dealkylation sites (tertiary alicyclic amines) is 1. The van der Waals surface area contributed by atoms with Gasteiger partial charge < -0.3 is 11.1 Å². The topological polar surface area (TPSA) is 75.4 Å². The van der Waals surface area contributed by atoms with E-state index in [2.05, 4.69) is 10.2 Å². The second-order valence-electron chi connectivity index (χ2n) is 6.84. The Balaban J connectivity index is 1.69. The number of thiophene rings is 1. The van der Waals surface area contributed by atoms with Gasteiger partial charge in [0.25, 0.3) is 11.8 Å². The SMILES string of the molecule is Cc1sc(NC(=O)c2ccc(CN3CCCCC3)cc2)c(C(N)=O)c1C. The predicted molar refractivity (Wildman–Crippen MR) is 106 cm³/mol. The molecule has 2 amide bonds. The summed E-state index contributed by atoms with van der Waals surface area (Å²) in [5.41, 5.74) is 8.48. The van der Waals surface area contributed by atoms with Gasteiger partial charge in [0.1, 0.15) is 5.00 Å². The van der Waals surface area contributed by atoms with Crippen molar-refractivity contribution < 1.29 is 9.59 Å². The summed E-state index contributed by atoms with van der Waals surface area (Å²) in [6, 6.07) is 7.69. The molecule has 5 nitrogen and oxygen atoms in total. The smallest absolute Gasteiger partial charge is 0.256 e. The number of primary amides is 1. The van der Waals surface area contributed by atoms with Crippen LogP contribution >= 0.6 is 11.3 Å². The molecular formula is C20H25N3O2S. The molecule has 1 aromatic carbocycles. The minimum Gasteiger partial charge on any atom is -0.365 e. The number of nitrogens with one attached hydrogen (secondary N) is 1. The first-order chi connectivity index (χ1) is 12.5. The Labute approximate surface area is 158 Å². The lowest BCUT2D eigenvalue weighted by molar-refractivity contribution is 0.100. The molecule has 6 heteroatoms. The molecule has 3 N–H and O–H groups in total. The number of carbonyl (C=O) groups excluding carboxylic acids is 2. The second kappa shape index (κ2) is 8.01. The minimum absolute atomic E-state index is 0.224. The van der Waals surface area contributed by atoms with Crippen LogP contribution in [0, 0.1) is 13.8 Å². The molecule has 0 radical (unpaired) electrons. The van der Waals surface area contributed by atoms with Crippen LogP contribution in [0.3, 0.4) is 0 Å². The quantitative estimate of drug-likeness (QED) is 0.841. The first-order valence-electron chi connectivity index (χ1n) is 8.98. The number of anilines is 1. The lowest BCUT2D eigenvalue weighted by atomic mass is 10.1. The van der Waals surface area contributed by atoms with Crippen LogP contribution in [0.2, 0.25) is 0 Å². The van der Waals surface area contributed by atoms with Crippen molar-refractivity contribution in [2.45, 2.75) is 39.7 Å². The van der Waals surface area contributed by atoms with E-state index in [0.717, 1.165) is 30.1 Å². The van der Waals surface area contributed by atoms with Crippen LogP contribution in [0.4, 0.5) is 5.00 Å². The minimum atomic E-state index is -0.515. The Bertz CT molecular complexity index is 805. The molecule has 3 rings (SSSR count). The summed E-state index contributed by atoms with van der Waals surface area (Å²) in [6.45, 7) is 6.98. The molecule has 0 saturated carbocycles. The van der Waals surface area contributed by atoms with E-state index in [1.165, 1.54) is 36.2 Å². The van der Waals surface area contributed by atoms with Gasteiger partial charge in [0.05, 0.1) is 5.56 Å². The zero-order valence-corrected chi connectivity index (χ0v) is 16.1. The van der Waals surface area contributed by atoms with Crippen molar-refractivity contribution in [3.63, 3.8) is 0 Å². The maximum absolute atomic E-state index is 12.5. The monoisotopic (exact) mass is 371 g/mol. The van der Waals surface area contributed by atoms with Gasteiger partial charge in [-0.15, -0.1) is 11.3 Å². The Morgan fingerprint density at radius 2 is 1.77 bits per heavy atom. The Kier molecular flexibility index (Phi) is 5.74. The van der Waals surface area contributed by atoms with E-state index in [9.17, 15) is 9.59 Å². The van der Waals surface area contributed by atoms with Crippen molar-refractivity contribution in [1.29, 1.82) is 0 Å². The fourth-order valence-electron chi connectivity index (χ4n) is 3.32. The van der Waals surface area contributed by atoms with E-state index in [1.807, 2.05) is 38.1 Å². The molecule has 0 bridgehead atoms. The molecule has 1 fully saturated rings. The average Bonchev–Trinajstić information content (AvgIpc) is 2.90. The highest BCUT2D eigenvalue weighted by molar-refractivity contribution is 7.16. The maximum Gasteiger partial charge on any atom is 0.256 e. The fraction of sp³-hybridized carbons (Fsp3) is 0.400. The molecule has 0 unspecified atom stereocenters. The standard InChI is InChI=1S/C20H25N3O2S/c1-13-14(2)26-20(17(13)18(21)24)22-19(25)16-8-6-15(7-9-16)12-23-10-4-3-5-11-23/h6-9H,3-5,10-12H2,1-2H3,(H2,21,24)(H,22,25). The van der Waals surface area contributed by atoms with Gasteiger partial charge in [-0.25, -0.2) is 0 Å². The van der Waals surface area contributed by atoms with E-state index < -0.39 is 5.91 Å². The molecule has 26 heavy (non-hydrogen) atoms. The van der Waals surface area contributed by atoms with Gasteiger partial charge in [0.15, 0.2) is 0 Å². The van der Waals surface area contributed by atoms with Gasteiger partial charge in [-0.1, -0.05) is 18.6 Å². The average molecular weight is 372 g/mol. The summed E-state index contributed by atoms with van der Waals surface area (Å²) in [5, 5.41) is 3.36. The highest BCUT2D eigenvalue weighted by Crippen LogP contribution is 2.32. The van der Waals surface area contributed by atoms with Gasteiger partial charge in [-0.05, 0) is 63.0 Å². The molecule has 0 atom stereocenters. The van der Waals surface area contributed by atoms with Crippen LogP contribution in [0.25, 0.3) is 0 Å². The van der Waals surface area contributed by atoms with Gasteiger partial charge >= 0.3 is 0 Å². The summed E-state index contributed by atoms with van der Waals surface area (Å²) in [5.74, 6) is -0.739. The van der Waals surface area contributed by atoms with Crippen LogP contribution < -0.4 is 11.1 Å². The first kappa shape index (κ1) is 18.6. The summed E-state index contributed by atoms with van der Waals surface area (Å²) >= 11 is 1.38. The number of hydrogen-bond acceptors (Lipinski definition) is 4. The van der Waals surface area contributed by atoms with Crippen LogP contribution in [-0.2, 0) is 6.54 Å². The maximum atomic E-state index is 12.5. The molecular weight excluding hydrogens is 346 g/mol. The molecule has 0 aliphatic carbocycles. The lowest BCUT2D eigenvalue weighted by Gasteiger charge is -2.26. The molecule has 0 spiro atoms. The van der Waals surface area contributed by atoms with E-state index in [4.69, 9.17) is 5.73 Å². The molecule has 138 valence electrons. The number of nitrogens with zero attached hydrogens (tertiary/aromatic N) is 1. The van der Waals surface area contributed by atoms with Gasteiger partial charge in [-0.2, -0.15) is 0 Å². The zero-order chi connectivity index (χ0) is 18.7. The normalized spacial score (nSPS) is 15.0. The van der Waals surface area contributed by atoms with E-state index in [0.29, 0.717) is 16.1 Å². The number of nitrogens with two attached hydrogens (primary N) is 1. The summed E-state index contributed by atoms with van der Waals surface area (Å²) in [6.07, 6.45) is 3.86. The van der Waals surface area contributed by atoms with Crippen LogP contribution in [0.5, 0.6) is 0 Å². The summed E-state index contributed by atoms with van der Waals surface area (Å²) in [4.78, 5) is 27.7. The third kappa shape index (κ3) is 4.14. The number of aryl methyl sites for hydroxylation is 1. The van der Waals surface area contributed by atoms with Crippen LogP contribution in [0.1, 0.15) is 56.0 Å². The number of carbonyl (C=O) groups is 2. The number of rotatable bonds is 5. The number of hydrogen-bond donors (Lipinski definition) is 2. The van der Waals surface area contributed by atoms with Crippen molar-refractivity contribution in [3.8, 4) is 0 Å². The molecule has 1 aliphatic heterocycles. The molecule has 2 aromatic rings. The largest absolute Gasteiger partial charge is 0.365 e. The van der Waals surface area contributed by atoms with Crippen molar-refractivity contribution in [3.05, 3.63) is 51.4 Å². The lowest BCUT2D eigenvalue weighted by Crippen LogP contribution is -2.29. The summed E-state index contributed by atoms with van der Waals surface area (Å²) < 4.78 is 0. The molecule has 1 aromatic heterocycles. The van der Waals surface area contributed by atoms with Crippen molar-refractivity contribution in [1.82, 2.24) is 4.90 Å². The van der Waals surface area contributed by atoms with Crippen LogP contribution in [0.15, 0.2) is 24.3 Å². The number of piperidine rings is 1. The van der Waals surface area contributed by atoms with Gasteiger partial charge in [0, 0.05) is 17.0 Å². The Morgan fingerprint density at radius 3 is 2.38 bits per heavy atom. The highest BCUT2D eigenvalue weighted by Gasteiger charge is 2.19. The van der Waals surface area contributed by atoms with Crippen molar-refractivity contribution in [2.24, 2.45) is 5.73 Å². The van der Waals surface area contributed by atoms with E-state index in [1.54, 1.807) is 0 Å². The zero-order valence-electron chi connectivity index (χ0n) is 15.3. The van der Waals surface area contributed by atoms with E-state index in [-0.39, 0.29) is 5.91 Å².